The Kier molecular flexibility index (Phi) is 5.96. The Balaban J connectivity index is 1.96. The third-order valence-corrected chi connectivity index (χ3v) is 5.49. The lowest BCUT2D eigenvalue weighted by Crippen LogP contribution is -2.41. The van der Waals surface area contributed by atoms with Crippen LogP contribution in [0, 0.1) is 0 Å². The Morgan fingerprint density at radius 2 is 2.15 bits per heavy atom. The van der Waals surface area contributed by atoms with E-state index in [0.29, 0.717) is 29.1 Å². The SMILES string of the molecule is CC(C)Oc1cc2c(OC3CCCN(S(C)=O)C3)ccnc2cc1C(N)=O. The molecule has 2 aromatic rings. The van der Waals surface area contributed by atoms with Gasteiger partial charge in [0.15, 0.2) is 0 Å². The van der Waals surface area contributed by atoms with Crippen LogP contribution >= 0.6 is 0 Å². The van der Waals surface area contributed by atoms with Crippen LogP contribution in [-0.2, 0) is 11.0 Å². The molecule has 1 aliphatic rings. The van der Waals surface area contributed by atoms with Gasteiger partial charge in [0.05, 0.1) is 28.2 Å². The van der Waals surface area contributed by atoms with Gasteiger partial charge in [-0.05, 0) is 44.9 Å². The molecule has 27 heavy (non-hydrogen) atoms. The topological polar surface area (TPSA) is 94.8 Å². The van der Waals surface area contributed by atoms with Crippen molar-refractivity contribution in [3.8, 4) is 11.5 Å². The van der Waals surface area contributed by atoms with Gasteiger partial charge >= 0.3 is 0 Å². The highest BCUT2D eigenvalue weighted by Gasteiger charge is 2.24. The summed E-state index contributed by atoms with van der Waals surface area (Å²) in [5, 5.41) is 0.757. The highest BCUT2D eigenvalue weighted by Crippen LogP contribution is 2.32. The summed E-state index contributed by atoms with van der Waals surface area (Å²) < 4.78 is 25.7. The third kappa shape index (κ3) is 4.56. The second-order valence-electron chi connectivity index (χ2n) is 6.90. The van der Waals surface area contributed by atoms with Gasteiger partial charge in [0, 0.05) is 30.9 Å². The van der Waals surface area contributed by atoms with Crippen LogP contribution in [0.5, 0.6) is 11.5 Å². The van der Waals surface area contributed by atoms with Crippen LogP contribution in [0.25, 0.3) is 10.9 Å². The first kappa shape index (κ1) is 19.6. The largest absolute Gasteiger partial charge is 0.490 e. The lowest BCUT2D eigenvalue weighted by atomic mass is 10.1. The maximum Gasteiger partial charge on any atom is 0.252 e. The van der Waals surface area contributed by atoms with Gasteiger partial charge in [-0.15, -0.1) is 0 Å². The minimum Gasteiger partial charge on any atom is -0.490 e. The fraction of sp³-hybridized carbons (Fsp3) is 0.474. The standard InChI is InChI=1S/C19H25N3O4S/c1-12(2)25-18-10-14-16(9-15(18)19(20)23)21-7-6-17(14)26-13-5-4-8-22(11-13)27(3)24/h6-7,9-10,12-13H,4-5,8,11H2,1-3H3,(H2,20,23). The molecule has 2 heterocycles. The Morgan fingerprint density at radius 3 is 2.81 bits per heavy atom. The van der Waals surface area contributed by atoms with Crippen LogP contribution in [-0.4, -0.2) is 51.0 Å². The second kappa shape index (κ2) is 8.22. The molecule has 146 valence electrons. The zero-order chi connectivity index (χ0) is 19.6. The minimum atomic E-state index is -1.01. The van der Waals surface area contributed by atoms with Crippen molar-refractivity contribution >= 4 is 27.8 Å². The number of carbonyl (C=O) groups is 1. The van der Waals surface area contributed by atoms with Gasteiger partial charge in [0.2, 0.25) is 0 Å². The number of hydrogen-bond acceptors (Lipinski definition) is 5. The molecule has 0 aliphatic carbocycles. The van der Waals surface area contributed by atoms with Crippen molar-refractivity contribution in [1.29, 1.82) is 0 Å². The molecule has 1 aliphatic heterocycles. The van der Waals surface area contributed by atoms with E-state index in [1.165, 1.54) is 0 Å². The van der Waals surface area contributed by atoms with Crippen LogP contribution in [0.15, 0.2) is 24.4 Å². The first-order valence-electron chi connectivity index (χ1n) is 8.99. The molecule has 1 aromatic carbocycles. The number of rotatable bonds is 6. The molecule has 0 radical (unpaired) electrons. The summed E-state index contributed by atoms with van der Waals surface area (Å²) in [6, 6.07) is 5.19. The maximum atomic E-state index is 11.8. The van der Waals surface area contributed by atoms with Gasteiger partial charge in [-0.2, -0.15) is 0 Å². The molecule has 1 amide bonds. The van der Waals surface area contributed by atoms with Crippen molar-refractivity contribution in [1.82, 2.24) is 9.29 Å². The number of piperidine rings is 1. The highest BCUT2D eigenvalue weighted by atomic mass is 32.2. The molecule has 3 rings (SSSR count). The fourth-order valence-electron chi connectivity index (χ4n) is 3.21. The summed E-state index contributed by atoms with van der Waals surface area (Å²) in [4.78, 5) is 16.1. The van der Waals surface area contributed by atoms with Gasteiger partial charge in [-0.1, -0.05) is 0 Å². The van der Waals surface area contributed by atoms with E-state index in [0.717, 1.165) is 24.8 Å². The van der Waals surface area contributed by atoms with Crippen LogP contribution in [0.2, 0.25) is 0 Å². The third-order valence-electron chi connectivity index (χ3n) is 4.43. The van der Waals surface area contributed by atoms with Crippen molar-refractivity contribution in [3.05, 3.63) is 30.0 Å². The fourth-order valence-corrected chi connectivity index (χ4v) is 3.97. The van der Waals surface area contributed by atoms with Gasteiger partial charge in [0.25, 0.3) is 5.91 Å². The Labute approximate surface area is 161 Å². The number of amides is 1. The first-order chi connectivity index (χ1) is 12.8. The van der Waals surface area contributed by atoms with E-state index in [4.69, 9.17) is 15.2 Å². The molecule has 0 bridgehead atoms. The molecule has 0 saturated carbocycles. The number of fused-ring (bicyclic) bond motifs is 1. The first-order valence-corrected chi connectivity index (χ1v) is 10.5. The van der Waals surface area contributed by atoms with Crippen molar-refractivity contribution < 1.29 is 18.5 Å². The highest BCUT2D eigenvalue weighted by molar-refractivity contribution is 7.81. The number of nitrogens with two attached hydrogens (primary N) is 1. The summed E-state index contributed by atoms with van der Waals surface area (Å²) in [5.41, 5.74) is 6.41. The van der Waals surface area contributed by atoms with Crippen molar-refractivity contribution in [3.63, 3.8) is 0 Å². The van der Waals surface area contributed by atoms with Crippen LogP contribution < -0.4 is 15.2 Å². The van der Waals surface area contributed by atoms with E-state index in [2.05, 4.69) is 4.98 Å². The molecule has 2 atom stereocenters. The van der Waals surface area contributed by atoms with E-state index in [9.17, 15) is 9.00 Å². The summed E-state index contributed by atoms with van der Waals surface area (Å²) >= 11 is 0. The normalized spacial score (nSPS) is 19.2. The molecular weight excluding hydrogens is 366 g/mol. The van der Waals surface area contributed by atoms with Gasteiger partial charge < -0.3 is 15.2 Å². The number of benzene rings is 1. The number of hydrogen-bond donors (Lipinski definition) is 1. The smallest absolute Gasteiger partial charge is 0.252 e. The zero-order valence-electron chi connectivity index (χ0n) is 15.8. The van der Waals surface area contributed by atoms with Gasteiger partial charge in [-0.3, -0.25) is 9.78 Å². The van der Waals surface area contributed by atoms with Gasteiger partial charge in [-0.25, -0.2) is 8.51 Å². The number of pyridine rings is 1. The van der Waals surface area contributed by atoms with Crippen molar-refractivity contribution in [2.75, 3.05) is 19.3 Å². The summed E-state index contributed by atoms with van der Waals surface area (Å²) in [6.45, 7) is 5.20. The monoisotopic (exact) mass is 391 g/mol. The van der Waals surface area contributed by atoms with E-state index in [1.54, 1.807) is 30.7 Å². The van der Waals surface area contributed by atoms with Crippen molar-refractivity contribution in [2.45, 2.75) is 38.9 Å². The van der Waals surface area contributed by atoms with E-state index in [-0.39, 0.29) is 12.2 Å². The summed E-state index contributed by atoms with van der Waals surface area (Å²) in [5.74, 6) is 0.523. The number of nitrogens with zero attached hydrogens (tertiary/aromatic N) is 2. The molecule has 1 aromatic heterocycles. The molecule has 8 heteroatoms. The van der Waals surface area contributed by atoms with E-state index >= 15 is 0 Å². The summed E-state index contributed by atoms with van der Waals surface area (Å²) in [6.07, 6.45) is 4.99. The Hall–Kier alpha value is -2.19. The average molecular weight is 391 g/mol. The molecule has 2 unspecified atom stereocenters. The summed E-state index contributed by atoms with van der Waals surface area (Å²) in [7, 11) is -1.01. The zero-order valence-corrected chi connectivity index (χ0v) is 16.6. The number of aromatic nitrogens is 1. The molecule has 7 nitrogen and oxygen atoms in total. The molecule has 2 N–H and O–H groups in total. The average Bonchev–Trinajstić information content (AvgIpc) is 2.61. The predicted molar refractivity (Wildman–Crippen MR) is 105 cm³/mol. The maximum absolute atomic E-state index is 11.8. The predicted octanol–water partition coefficient (Wildman–Crippen LogP) is 2.26. The molecule has 0 spiro atoms. The Bertz CT molecular complexity index is 871. The molecular formula is C19H25N3O4S. The number of ether oxygens (including phenoxy) is 2. The lowest BCUT2D eigenvalue weighted by molar-refractivity contribution is 0.0994. The van der Waals surface area contributed by atoms with Gasteiger partial charge in [0.1, 0.15) is 17.6 Å². The molecule has 1 fully saturated rings. The number of carbonyl (C=O) groups excluding carboxylic acids is 1. The van der Waals surface area contributed by atoms with Crippen LogP contribution in [0.1, 0.15) is 37.0 Å². The Morgan fingerprint density at radius 1 is 1.37 bits per heavy atom. The van der Waals surface area contributed by atoms with E-state index < -0.39 is 16.9 Å². The van der Waals surface area contributed by atoms with E-state index in [1.807, 2.05) is 18.2 Å². The van der Waals surface area contributed by atoms with Crippen molar-refractivity contribution in [2.24, 2.45) is 5.73 Å². The molecule has 1 saturated heterocycles. The van der Waals surface area contributed by atoms with Crippen LogP contribution in [0.3, 0.4) is 0 Å². The van der Waals surface area contributed by atoms with Crippen LogP contribution in [0.4, 0.5) is 0 Å². The quantitative estimate of drug-likeness (QED) is 0.815. The number of primary amides is 1. The lowest BCUT2D eigenvalue weighted by Gasteiger charge is -2.31. The minimum absolute atomic E-state index is 0.0569. The second-order valence-corrected chi connectivity index (χ2v) is 8.26.